The van der Waals surface area contributed by atoms with E-state index in [9.17, 15) is 8.76 Å². The zero-order chi connectivity index (χ0) is 13.6. The summed E-state index contributed by atoms with van der Waals surface area (Å²) in [4.78, 5) is 0. The van der Waals surface area contributed by atoms with Gasteiger partial charge >= 0.3 is 7.91 Å². The average Bonchev–Trinajstić information content (AvgIpc) is 2.73. The first-order chi connectivity index (χ1) is 9.16. The van der Waals surface area contributed by atoms with Crippen LogP contribution in [-0.2, 0) is 13.6 Å². The summed E-state index contributed by atoms with van der Waals surface area (Å²) in [6.07, 6.45) is 18.8. The molecule has 0 saturated carbocycles. The van der Waals surface area contributed by atoms with Crippen LogP contribution in [0.5, 0.6) is 0 Å². The SMILES string of the molecule is O=P(F)(OC1C=CC=CC=C1)OC1C=CC=CC=C1. The third-order valence-electron chi connectivity index (χ3n) is 2.37. The van der Waals surface area contributed by atoms with Gasteiger partial charge in [0.1, 0.15) is 12.2 Å². The lowest BCUT2D eigenvalue weighted by Gasteiger charge is -2.16. The fourth-order valence-electron chi connectivity index (χ4n) is 1.54. The molecule has 0 aromatic carbocycles. The maximum Gasteiger partial charge on any atom is 0.514 e. The summed E-state index contributed by atoms with van der Waals surface area (Å²) in [6.45, 7) is 0. The van der Waals surface area contributed by atoms with Gasteiger partial charge < -0.3 is 0 Å². The van der Waals surface area contributed by atoms with E-state index in [1.807, 2.05) is 0 Å². The second-order valence-electron chi connectivity index (χ2n) is 3.88. The summed E-state index contributed by atoms with van der Waals surface area (Å²) >= 11 is 0. The van der Waals surface area contributed by atoms with Crippen molar-refractivity contribution in [2.45, 2.75) is 12.2 Å². The Bertz CT molecular complexity index is 453. The predicted molar refractivity (Wildman–Crippen MR) is 73.3 cm³/mol. The van der Waals surface area contributed by atoms with E-state index in [0.29, 0.717) is 0 Å². The van der Waals surface area contributed by atoms with Gasteiger partial charge in [0.15, 0.2) is 0 Å². The van der Waals surface area contributed by atoms with Crippen LogP contribution in [0, 0.1) is 0 Å². The lowest BCUT2D eigenvalue weighted by molar-refractivity contribution is 0.156. The van der Waals surface area contributed by atoms with Gasteiger partial charge in [-0.2, -0.15) is 0 Å². The molecule has 2 rings (SSSR count). The van der Waals surface area contributed by atoms with Crippen LogP contribution in [0.3, 0.4) is 0 Å². The van der Waals surface area contributed by atoms with Gasteiger partial charge in [0.05, 0.1) is 0 Å². The summed E-state index contributed by atoms with van der Waals surface area (Å²) < 4.78 is 35.3. The highest BCUT2D eigenvalue weighted by molar-refractivity contribution is 7.48. The Morgan fingerprint density at radius 3 is 1.32 bits per heavy atom. The molecule has 2 aliphatic rings. The number of rotatable bonds is 4. The Morgan fingerprint density at radius 2 is 1.00 bits per heavy atom. The fraction of sp³-hybridized carbons (Fsp3) is 0.143. The molecule has 0 fully saturated rings. The van der Waals surface area contributed by atoms with E-state index in [0.717, 1.165) is 0 Å². The van der Waals surface area contributed by atoms with E-state index in [1.54, 1.807) is 72.9 Å². The smallest absolute Gasteiger partial charge is 0.272 e. The minimum absolute atomic E-state index is 0.706. The van der Waals surface area contributed by atoms with E-state index in [-0.39, 0.29) is 0 Å². The zero-order valence-electron chi connectivity index (χ0n) is 10.1. The lowest BCUT2D eigenvalue weighted by Crippen LogP contribution is -2.09. The molecule has 19 heavy (non-hydrogen) atoms. The van der Waals surface area contributed by atoms with Crippen molar-refractivity contribution in [1.82, 2.24) is 0 Å². The molecule has 0 atom stereocenters. The Balaban J connectivity index is 1.96. The molecule has 0 N–H and O–H groups in total. The molecule has 0 saturated heterocycles. The molecule has 0 amide bonds. The van der Waals surface area contributed by atoms with Gasteiger partial charge in [0.25, 0.3) is 0 Å². The Labute approximate surface area is 111 Å². The Kier molecular flexibility index (Phi) is 4.86. The molecule has 0 radical (unpaired) electrons. The number of hydrogen-bond donors (Lipinski definition) is 0. The normalized spacial score (nSPS) is 19.8. The highest BCUT2D eigenvalue weighted by Gasteiger charge is 2.29. The van der Waals surface area contributed by atoms with Crippen molar-refractivity contribution in [2.24, 2.45) is 0 Å². The Hall–Kier alpha value is -1.48. The number of hydrogen-bond acceptors (Lipinski definition) is 3. The van der Waals surface area contributed by atoms with Gasteiger partial charge in [-0.15, -0.1) is 4.20 Å². The summed E-state index contributed by atoms with van der Waals surface area (Å²) in [5, 5.41) is 0. The van der Waals surface area contributed by atoms with Crippen molar-refractivity contribution in [3.63, 3.8) is 0 Å². The van der Waals surface area contributed by atoms with Gasteiger partial charge in [-0.1, -0.05) is 72.9 Å². The van der Waals surface area contributed by atoms with Crippen LogP contribution >= 0.6 is 7.91 Å². The van der Waals surface area contributed by atoms with Crippen molar-refractivity contribution in [2.75, 3.05) is 0 Å². The lowest BCUT2D eigenvalue weighted by atomic mass is 10.3. The van der Waals surface area contributed by atoms with Gasteiger partial charge in [-0.25, -0.2) is 4.57 Å². The molecule has 0 heterocycles. The van der Waals surface area contributed by atoms with Crippen LogP contribution in [0.25, 0.3) is 0 Å². The molecule has 5 heteroatoms. The standard InChI is InChI=1S/C14H14FO3P/c15-19(16,17-13-9-5-1-2-6-10-13)18-14-11-7-3-4-8-12-14/h1-14H. The molecule has 0 unspecified atom stereocenters. The summed E-state index contributed by atoms with van der Waals surface area (Å²) in [5.74, 6) is 0. The van der Waals surface area contributed by atoms with Crippen molar-refractivity contribution < 1.29 is 17.8 Å². The number of allylic oxidation sites excluding steroid dienone is 8. The van der Waals surface area contributed by atoms with E-state index >= 15 is 0 Å². The molecule has 0 spiro atoms. The first kappa shape index (κ1) is 13.9. The van der Waals surface area contributed by atoms with Crippen LogP contribution in [0.4, 0.5) is 4.20 Å². The largest absolute Gasteiger partial charge is 0.514 e. The zero-order valence-corrected chi connectivity index (χ0v) is 11.0. The third kappa shape index (κ3) is 4.95. The second-order valence-corrected chi connectivity index (χ2v) is 5.16. The second kappa shape index (κ2) is 6.62. The van der Waals surface area contributed by atoms with Gasteiger partial charge in [0, 0.05) is 0 Å². The topological polar surface area (TPSA) is 35.5 Å². The van der Waals surface area contributed by atoms with Crippen molar-refractivity contribution in [1.29, 1.82) is 0 Å². The van der Waals surface area contributed by atoms with Crippen molar-refractivity contribution in [3.8, 4) is 0 Å². The van der Waals surface area contributed by atoms with Gasteiger partial charge in [-0.3, -0.25) is 9.05 Å². The summed E-state index contributed by atoms with van der Waals surface area (Å²) in [7, 11) is -4.63. The molecular weight excluding hydrogens is 266 g/mol. The maximum absolute atomic E-state index is 13.9. The van der Waals surface area contributed by atoms with Crippen LogP contribution < -0.4 is 0 Å². The molecule has 0 aromatic heterocycles. The fourth-order valence-corrected chi connectivity index (χ4v) is 2.45. The minimum atomic E-state index is -4.63. The molecule has 0 aromatic rings. The first-order valence-electron chi connectivity index (χ1n) is 5.85. The molecular formula is C14H14FO3P. The van der Waals surface area contributed by atoms with Crippen LogP contribution in [0.15, 0.2) is 72.9 Å². The monoisotopic (exact) mass is 280 g/mol. The quantitative estimate of drug-likeness (QED) is 0.724. The van der Waals surface area contributed by atoms with E-state index < -0.39 is 20.1 Å². The third-order valence-corrected chi connectivity index (χ3v) is 3.36. The highest BCUT2D eigenvalue weighted by Crippen LogP contribution is 2.52. The minimum Gasteiger partial charge on any atom is -0.272 e. The van der Waals surface area contributed by atoms with Crippen LogP contribution in [0.2, 0.25) is 0 Å². The summed E-state index contributed by atoms with van der Waals surface area (Å²) in [6, 6.07) is 0. The van der Waals surface area contributed by atoms with Gasteiger partial charge in [0.2, 0.25) is 0 Å². The van der Waals surface area contributed by atoms with E-state index in [2.05, 4.69) is 0 Å². The maximum atomic E-state index is 13.9. The van der Waals surface area contributed by atoms with E-state index in [4.69, 9.17) is 9.05 Å². The first-order valence-corrected chi connectivity index (χ1v) is 7.29. The molecule has 0 aliphatic heterocycles. The molecule has 2 aliphatic carbocycles. The molecule has 0 bridgehead atoms. The Morgan fingerprint density at radius 1 is 0.684 bits per heavy atom. The summed E-state index contributed by atoms with van der Waals surface area (Å²) in [5.41, 5.74) is 0. The molecule has 3 nitrogen and oxygen atoms in total. The number of halogens is 1. The average molecular weight is 280 g/mol. The van der Waals surface area contributed by atoms with Crippen molar-refractivity contribution >= 4 is 7.91 Å². The van der Waals surface area contributed by atoms with Gasteiger partial charge in [-0.05, 0) is 0 Å². The van der Waals surface area contributed by atoms with Crippen molar-refractivity contribution in [3.05, 3.63) is 72.9 Å². The molecule has 100 valence electrons. The van der Waals surface area contributed by atoms with E-state index in [1.165, 1.54) is 0 Å². The highest BCUT2D eigenvalue weighted by atomic mass is 31.2. The predicted octanol–water partition coefficient (Wildman–Crippen LogP) is 4.20. The van der Waals surface area contributed by atoms with Crippen LogP contribution in [0.1, 0.15) is 0 Å². The van der Waals surface area contributed by atoms with Crippen LogP contribution in [-0.4, -0.2) is 12.2 Å².